The molecule has 0 saturated carbocycles. The van der Waals surface area contributed by atoms with Crippen LogP contribution in [-0.4, -0.2) is 63.6 Å². The lowest BCUT2D eigenvalue weighted by Crippen LogP contribution is -2.32. The molecule has 5 heterocycles. The molecule has 302 valence electrons. The summed E-state index contributed by atoms with van der Waals surface area (Å²) in [5.41, 5.74) is 13.9. The van der Waals surface area contributed by atoms with Crippen LogP contribution in [0.15, 0.2) is 89.8 Å². The lowest BCUT2D eigenvalue weighted by atomic mass is 10.2. The highest BCUT2D eigenvalue weighted by molar-refractivity contribution is 5.93. The molecule has 0 saturated heterocycles. The number of nitrogens with one attached hydrogen (secondary N) is 1. The molecule has 2 aliphatic heterocycles. The first-order valence-corrected chi connectivity index (χ1v) is 17.5. The summed E-state index contributed by atoms with van der Waals surface area (Å²) in [6.07, 6.45) is 8.25. The van der Waals surface area contributed by atoms with Crippen LogP contribution in [-0.2, 0) is 17.8 Å². The first-order chi connectivity index (χ1) is 26.7. The SMILES string of the molecule is C.C.CCOC(=O)N1Cc2cccc(c2)OC/C=C/CCOc2cc1c([N+](=O)[O-])c(N)n2.Nc1nc2cc3c1[nH]c(=O)n3Cc1cccc(c1)OC/C=C/CCO2. The topological polar surface area (TPSA) is 225 Å². The van der Waals surface area contributed by atoms with Gasteiger partial charge >= 0.3 is 17.5 Å². The number of hydrogen-bond donors (Lipinski definition) is 3. The number of carbonyl (C=O) groups is 1. The van der Waals surface area contributed by atoms with E-state index in [2.05, 4.69) is 15.0 Å². The zero-order valence-corrected chi connectivity index (χ0v) is 30.0. The quantitative estimate of drug-likeness (QED) is 0.0953. The van der Waals surface area contributed by atoms with Crippen LogP contribution in [0.25, 0.3) is 11.0 Å². The zero-order valence-electron chi connectivity index (χ0n) is 30.0. The van der Waals surface area contributed by atoms with E-state index in [-0.39, 0.29) is 63.5 Å². The van der Waals surface area contributed by atoms with Crippen LogP contribution in [0, 0.1) is 10.1 Å². The Morgan fingerprint density at radius 2 is 1.42 bits per heavy atom. The average Bonchev–Trinajstić information content (AvgIpc) is 3.47. The molecule has 8 bridgehead atoms. The molecule has 0 unspecified atom stereocenters. The van der Waals surface area contributed by atoms with E-state index >= 15 is 0 Å². The summed E-state index contributed by atoms with van der Waals surface area (Å²) in [5, 5.41) is 11.7. The van der Waals surface area contributed by atoms with Gasteiger partial charge in [0, 0.05) is 12.1 Å². The Hall–Kier alpha value is -7.04. The van der Waals surface area contributed by atoms with Gasteiger partial charge in [0.2, 0.25) is 17.6 Å². The van der Waals surface area contributed by atoms with Crippen LogP contribution in [0.3, 0.4) is 0 Å². The Balaban J connectivity index is 0.000000247. The van der Waals surface area contributed by atoms with E-state index in [1.165, 1.54) is 6.07 Å². The number of ether oxygens (including phenoxy) is 5. The predicted octanol–water partition coefficient (Wildman–Crippen LogP) is 6.80. The maximum atomic E-state index is 12.7. The van der Waals surface area contributed by atoms with Gasteiger partial charge in [-0.3, -0.25) is 19.6 Å². The number of aromatic amines is 1. The number of pyridine rings is 2. The molecule has 0 fully saturated rings. The summed E-state index contributed by atoms with van der Waals surface area (Å²) in [7, 11) is 0. The highest BCUT2D eigenvalue weighted by atomic mass is 16.6. The van der Waals surface area contributed by atoms with E-state index in [0.717, 1.165) is 22.6 Å². The van der Waals surface area contributed by atoms with Crippen molar-refractivity contribution in [2.45, 2.75) is 47.7 Å². The number of anilines is 3. The van der Waals surface area contributed by atoms with E-state index < -0.39 is 16.7 Å². The van der Waals surface area contributed by atoms with E-state index in [0.29, 0.717) is 61.0 Å². The van der Waals surface area contributed by atoms with Gasteiger partial charge in [-0.1, -0.05) is 63.4 Å². The summed E-state index contributed by atoms with van der Waals surface area (Å²) >= 11 is 0. The second-order valence-corrected chi connectivity index (χ2v) is 12.1. The largest absolute Gasteiger partial charge is 0.490 e. The molecule has 0 spiro atoms. The van der Waals surface area contributed by atoms with Gasteiger partial charge in [0.25, 0.3) is 0 Å². The summed E-state index contributed by atoms with van der Waals surface area (Å²) in [6, 6.07) is 17.9. The minimum absolute atomic E-state index is 0. The van der Waals surface area contributed by atoms with Gasteiger partial charge in [-0.25, -0.2) is 9.59 Å². The van der Waals surface area contributed by atoms with Crippen molar-refractivity contribution >= 4 is 40.1 Å². The Morgan fingerprint density at radius 1 is 0.842 bits per heavy atom. The normalized spacial score (nSPS) is 14.9. The van der Waals surface area contributed by atoms with Gasteiger partial charge in [-0.05, 0) is 55.2 Å². The van der Waals surface area contributed by atoms with Crippen molar-refractivity contribution < 1.29 is 33.4 Å². The highest BCUT2D eigenvalue weighted by Crippen LogP contribution is 2.37. The standard InChI is InChI=1S/C20H22N4O6.C18H18N4O3.2CH4/c1-2-28-20(25)23-13-14-7-6-8-15(11-14)29-9-4-3-5-10-30-17-12-16(23)18(24(26)27)19(21)22-17;19-17-16-14-10-15(20-17)25-8-3-1-2-7-24-13-6-4-5-12(9-13)11-22(14)18(23)21-16;;/h3-4,6-8,11-12H,2,5,9-10,13H2,1H3,(H2,21,22);1-2,4-6,9-10H,3,7-8,11H2,(H2,19,20)(H,21,23);2*1H4/b4-3+;2-1+;;. The molecule has 1 amide bonds. The Morgan fingerprint density at radius 3 is 2.02 bits per heavy atom. The molecule has 5 aromatic rings. The Labute approximate surface area is 329 Å². The summed E-state index contributed by atoms with van der Waals surface area (Å²) in [6.45, 7) is 3.74. The van der Waals surface area contributed by atoms with Crippen LogP contribution in [0.2, 0.25) is 0 Å². The van der Waals surface area contributed by atoms with Gasteiger partial charge in [-0.15, -0.1) is 0 Å². The van der Waals surface area contributed by atoms with Crippen molar-refractivity contribution in [2.75, 3.05) is 49.4 Å². The lowest BCUT2D eigenvalue weighted by molar-refractivity contribution is -0.383. The third-order valence-corrected chi connectivity index (χ3v) is 8.28. The first-order valence-electron chi connectivity index (χ1n) is 17.5. The molecule has 17 nitrogen and oxygen atoms in total. The van der Waals surface area contributed by atoms with Crippen LogP contribution in [0.5, 0.6) is 23.3 Å². The van der Waals surface area contributed by atoms with Crippen molar-refractivity contribution in [1.29, 1.82) is 0 Å². The zero-order chi connectivity index (χ0) is 38.7. The third kappa shape index (κ3) is 10.8. The van der Waals surface area contributed by atoms with E-state index in [1.54, 1.807) is 41.8 Å². The summed E-state index contributed by atoms with van der Waals surface area (Å²) < 4.78 is 29.4. The maximum absolute atomic E-state index is 12.7. The van der Waals surface area contributed by atoms with Crippen molar-refractivity contribution in [2.24, 2.45) is 0 Å². The van der Waals surface area contributed by atoms with Crippen molar-refractivity contribution in [3.05, 3.63) is 117 Å². The summed E-state index contributed by atoms with van der Waals surface area (Å²) in [4.78, 5) is 48.2. The fourth-order valence-electron chi connectivity index (χ4n) is 5.78. The fraction of sp³-hybridized carbons (Fsp3) is 0.300. The molecular formula is C40H48N8O9. The molecule has 17 heteroatoms. The number of aromatic nitrogens is 4. The number of carbonyl (C=O) groups excluding carboxylic acids is 1. The lowest BCUT2D eigenvalue weighted by Gasteiger charge is -2.23. The van der Waals surface area contributed by atoms with Crippen LogP contribution < -0.4 is 41.0 Å². The molecule has 0 radical (unpaired) electrons. The summed E-state index contributed by atoms with van der Waals surface area (Å²) in [5.74, 6) is 1.76. The first kappa shape index (κ1) is 42.7. The van der Waals surface area contributed by atoms with Crippen molar-refractivity contribution in [3.63, 3.8) is 0 Å². The van der Waals surface area contributed by atoms with Gasteiger partial charge in [0.1, 0.15) is 35.9 Å². The molecular weight excluding hydrogens is 736 g/mol. The Bertz CT molecular complexity index is 2290. The average molecular weight is 785 g/mol. The molecule has 5 N–H and O–H groups in total. The van der Waals surface area contributed by atoms with Gasteiger partial charge in [0.15, 0.2) is 5.82 Å². The van der Waals surface area contributed by atoms with Gasteiger partial charge in [0.05, 0.1) is 43.4 Å². The number of nitrogens with two attached hydrogens (primary N) is 2. The maximum Gasteiger partial charge on any atom is 0.414 e. The number of nitrogens with zero attached hydrogens (tertiary/aromatic N) is 5. The second kappa shape index (κ2) is 20.0. The number of imidazole rings is 1. The number of fused-ring (bicyclic) bond motifs is 7. The number of rotatable bonds is 2. The number of nitrogen functional groups attached to an aromatic ring is 2. The molecule has 2 aromatic carbocycles. The third-order valence-electron chi connectivity index (χ3n) is 8.28. The van der Waals surface area contributed by atoms with Gasteiger partial charge in [-0.2, -0.15) is 9.97 Å². The van der Waals surface area contributed by atoms with Crippen molar-refractivity contribution in [1.82, 2.24) is 19.5 Å². The molecule has 3 aromatic heterocycles. The van der Waals surface area contributed by atoms with E-state index in [1.807, 2.05) is 48.6 Å². The van der Waals surface area contributed by atoms with E-state index in [9.17, 15) is 19.7 Å². The number of amides is 1. The van der Waals surface area contributed by atoms with E-state index in [4.69, 9.17) is 35.2 Å². The monoisotopic (exact) mass is 784 g/mol. The molecule has 2 aliphatic rings. The second-order valence-electron chi connectivity index (χ2n) is 12.1. The smallest absolute Gasteiger partial charge is 0.414 e. The minimum atomic E-state index is -0.755. The number of nitro groups is 1. The predicted molar refractivity (Wildman–Crippen MR) is 218 cm³/mol. The number of benzene rings is 2. The highest BCUT2D eigenvalue weighted by Gasteiger charge is 2.30. The molecule has 57 heavy (non-hydrogen) atoms. The molecule has 0 atom stereocenters. The fourth-order valence-corrected chi connectivity index (χ4v) is 5.78. The minimum Gasteiger partial charge on any atom is -0.490 e. The Kier molecular flexibility index (Phi) is 15.0. The van der Waals surface area contributed by atoms with Crippen molar-refractivity contribution in [3.8, 4) is 23.3 Å². The van der Waals surface area contributed by atoms with Gasteiger partial charge < -0.3 is 40.1 Å². The molecule has 0 aliphatic carbocycles. The van der Waals surface area contributed by atoms with Crippen LogP contribution in [0.1, 0.15) is 45.7 Å². The molecule has 7 rings (SSSR count). The number of H-pyrrole nitrogens is 1. The van der Waals surface area contributed by atoms with Crippen LogP contribution in [0.4, 0.5) is 27.8 Å². The van der Waals surface area contributed by atoms with Crippen LogP contribution >= 0.6 is 0 Å². The number of hydrogen-bond acceptors (Lipinski definition) is 13.